The first-order valence-corrected chi connectivity index (χ1v) is 9.29. The highest BCUT2D eigenvalue weighted by Crippen LogP contribution is 2.33. The van der Waals surface area contributed by atoms with Gasteiger partial charge in [-0.2, -0.15) is 0 Å². The van der Waals surface area contributed by atoms with E-state index in [1.54, 1.807) is 11.2 Å². The number of nitrogens with zero attached hydrogens (tertiary/aromatic N) is 2. The van der Waals surface area contributed by atoms with E-state index in [0.29, 0.717) is 23.7 Å². The molecule has 0 saturated carbocycles. The third-order valence-electron chi connectivity index (χ3n) is 3.97. The number of hydrogen-bond donors (Lipinski definition) is 2. The highest BCUT2D eigenvalue weighted by atomic mass is 79.9. The summed E-state index contributed by atoms with van der Waals surface area (Å²) < 4.78 is 6.35. The Morgan fingerprint density at radius 1 is 1.28 bits per heavy atom. The third-order valence-corrected chi connectivity index (χ3v) is 5.36. The molecule has 1 aliphatic rings. The van der Waals surface area contributed by atoms with Gasteiger partial charge in [0.15, 0.2) is 0 Å². The predicted octanol–water partition coefficient (Wildman–Crippen LogP) is 4.93. The number of aliphatic hydroxyl groups is 1. The van der Waals surface area contributed by atoms with Gasteiger partial charge in [0.25, 0.3) is 0 Å². The third kappa shape index (κ3) is 3.12. The van der Waals surface area contributed by atoms with E-state index in [0.717, 1.165) is 21.5 Å². The van der Waals surface area contributed by atoms with Crippen LogP contribution in [0.4, 0.5) is 0 Å². The van der Waals surface area contributed by atoms with Crippen molar-refractivity contribution in [2.45, 2.75) is 6.54 Å². The Morgan fingerprint density at radius 3 is 2.80 bits per heavy atom. The van der Waals surface area contributed by atoms with Crippen molar-refractivity contribution < 1.29 is 9.52 Å². The van der Waals surface area contributed by atoms with Gasteiger partial charge in [0, 0.05) is 15.4 Å². The maximum absolute atomic E-state index is 10.4. The van der Waals surface area contributed by atoms with Crippen LogP contribution >= 0.6 is 27.3 Å². The van der Waals surface area contributed by atoms with E-state index < -0.39 is 0 Å². The molecule has 126 valence electrons. The molecule has 0 unspecified atom stereocenters. The van der Waals surface area contributed by atoms with Crippen molar-refractivity contribution >= 4 is 38.7 Å². The van der Waals surface area contributed by atoms with E-state index in [9.17, 15) is 5.11 Å². The van der Waals surface area contributed by atoms with Gasteiger partial charge in [-0.1, -0.05) is 28.1 Å². The Morgan fingerprint density at radius 2 is 2.08 bits per heavy atom. The Labute approximate surface area is 156 Å². The van der Waals surface area contributed by atoms with E-state index in [1.165, 1.54) is 11.3 Å². The summed E-state index contributed by atoms with van der Waals surface area (Å²) in [6.45, 7) is 0.742. The zero-order chi connectivity index (χ0) is 17.4. The average molecular weight is 416 g/mol. The summed E-state index contributed by atoms with van der Waals surface area (Å²) in [6, 6.07) is 11.6. The number of rotatable bonds is 4. The number of halogens is 1. The van der Waals surface area contributed by atoms with Crippen molar-refractivity contribution in [2.24, 2.45) is 0 Å². The van der Waals surface area contributed by atoms with E-state index in [-0.39, 0.29) is 11.6 Å². The summed E-state index contributed by atoms with van der Waals surface area (Å²) in [6.07, 6.45) is 1.61. The van der Waals surface area contributed by atoms with Gasteiger partial charge >= 0.3 is 0 Å². The minimum Gasteiger partial charge on any atom is -0.510 e. The zero-order valence-corrected chi connectivity index (χ0v) is 15.5. The van der Waals surface area contributed by atoms with Crippen LogP contribution in [0, 0.1) is 5.41 Å². The molecule has 4 rings (SSSR count). The van der Waals surface area contributed by atoms with E-state index in [4.69, 9.17) is 9.83 Å². The highest BCUT2D eigenvalue weighted by Gasteiger charge is 2.30. The summed E-state index contributed by atoms with van der Waals surface area (Å²) >= 11 is 4.86. The first-order chi connectivity index (χ1) is 12.1. The molecule has 25 heavy (non-hydrogen) atoms. The summed E-state index contributed by atoms with van der Waals surface area (Å²) in [5.74, 6) is 1.20. The molecule has 0 aliphatic carbocycles. The molecule has 0 atom stereocenters. The van der Waals surface area contributed by atoms with Gasteiger partial charge < -0.3 is 14.4 Å². The summed E-state index contributed by atoms with van der Waals surface area (Å²) in [5.41, 5.74) is 2.34. The largest absolute Gasteiger partial charge is 0.510 e. The van der Waals surface area contributed by atoms with Crippen LogP contribution in [0.5, 0.6) is 0 Å². The van der Waals surface area contributed by atoms with Crippen molar-refractivity contribution in [1.29, 1.82) is 5.41 Å². The van der Waals surface area contributed by atoms with E-state index in [1.807, 2.05) is 41.8 Å². The number of hydrogen-bond acceptors (Lipinski definition) is 5. The summed E-state index contributed by atoms with van der Waals surface area (Å²) in [4.78, 5) is 6.39. The van der Waals surface area contributed by atoms with Crippen molar-refractivity contribution in [3.05, 3.63) is 69.0 Å². The Balaban J connectivity index is 1.58. The second kappa shape index (κ2) is 6.50. The molecule has 1 aromatic carbocycles. The molecule has 5 nitrogen and oxygen atoms in total. The number of amidine groups is 1. The molecule has 0 fully saturated rings. The van der Waals surface area contributed by atoms with Crippen LogP contribution in [0.2, 0.25) is 0 Å². The van der Waals surface area contributed by atoms with Gasteiger partial charge in [-0.25, -0.2) is 4.98 Å². The van der Waals surface area contributed by atoms with Crippen molar-refractivity contribution in [2.75, 3.05) is 6.54 Å². The molecule has 0 saturated heterocycles. The van der Waals surface area contributed by atoms with Gasteiger partial charge in [-0.3, -0.25) is 5.41 Å². The molecule has 7 heteroatoms. The van der Waals surface area contributed by atoms with Crippen LogP contribution in [0.15, 0.2) is 62.7 Å². The predicted molar refractivity (Wildman–Crippen MR) is 102 cm³/mol. The van der Waals surface area contributed by atoms with Crippen LogP contribution in [0.1, 0.15) is 10.8 Å². The first kappa shape index (κ1) is 16.1. The molecular formula is C18H14BrN3O2S. The highest BCUT2D eigenvalue weighted by molar-refractivity contribution is 9.10. The monoisotopic (exact) mass is 415 g/mol. The fourth-order valence-electron chi connectivity index (χ4n) is 2.73. The lowest BCUT2D eigenvalue weighted by Gasteiger charge is -2.16. The fraction of sp³-hybridized carbons (Fsp3) is 0.111. The van der Waals surface area contributed by atoms with Crippen LogP contribution in [0.3, 0.4) is 0 Å². The molecule has 0 radical (unpaired) electrons. The molecule has 0 amide bonds. The smallest absolute Gasteiger partial charge is 0.135 e. The summed E-state index contributed by atoms with van der Waals surface area (Å²) in [5, 5.41) is 21.4. The lowest BCUT2D eigenvalue weighted by Crippen LogP contribution is -2.25. The molecule has 1 aliphatic heterocycles. The number of aromatic nitrogens is 1. The number of benzene rings is 1. The molecule has 2 aromatic heterocycles. The molecule has 2 N–H and O–H groups in total. The molecule has 3 heterocycles. The number of thiazole rings is 1. The summed E-state index contributed by atoms with van der Waals surface area (Å²) in [7, 11) is 0. The zero-order valence-electron chi connectivity index (χ0n) is 13.1. The Hall–Kier alpha value is -2.38. The van der Waals surface area contributed by atoms with E-state index >= 15 is 0 Å². The van der Waals surface area contributed by atoms with Crippen LogP contribution in [-0.4, -0.2) is 27.4 Å². The van der Waals surface area contributed by atoms with Gasteiger partial charge in [0.1, 0.15) is 22.4 Å². The first-order valence-electron chi connectivity index (χ1n) is 7.62. The maximum Gasteiger partial charge on any atom is 0.135 e. The molecule has 0 bridgehead atoms. The van der Waals surface area contributed by atoms with Crippen molar-refractivity contribution in [3.8, 4) is 11.3 Å². The SMILES string of the molecule is N=C1C(c2nc(-c3ccc(Br)cc3)cs2)=C(O)CN1Cc1ccco1. The van der Waals surface area contributed by atoms with Gasteiger partial charge in [0.05, 0.1) is 30.6 Å². The Bertz CT molecular complexity index is 945. The number of furan rings is 1. The minimum absolute atomic E-state index is 0.174. The molecule has 0 spiro atoms. The van der Waals surface area contributed by atoms with Crippen LogP contribution < -0.4 is 0 Å². The quantitative estimate of drug-likeness (QED) is 0.633. The van der Waals surface area contributed by atoms with Crippen molar-refractivity contribution in [3.63, 3.8) is 0 Å². The second-order valence-electron chi connectivity index (χ2n) is 5.65. The minimum atomic E-state index is 0.174. The van der Waals surface area contributed by atoms with E-state index in [2.05, 4.69) is 20.9 Å². The lowest BCUT2D eigenvalue weighted by atomic mass is 10.2. The van der Waals surface area contributed by atoms with Crippen molar-refractivity contribution in [1.82, 2.24) is 9.88 Å². The standard InChI is InChI=1S/C18H14BrN3O2S/c19-12-5-3-11(4-6-12)14-10-25-18(21-14)16-15(23)9-22(17(16)20)8-13-2-1-7-24-13/h1-7,10,20,23H,8-9H2. The van der Waals surface area contributed by atoms with Crippen LogP contribution in [-0.2, 0) is 6.54 Å². The number of aliphatic hydroxyl groups excluding tert-OH is 1. The average Bonchev–Trinajstić information content (AvgIpc) is 3.31. The maximum atomic E-state index is 10.4. The normalized spacial score (nSPS) is 14.6. The Kier molecular flexibility index (Phi) is 4.19. The molecule has 3 aromatic rings. The second-order valence-corrected chi connectivity index (χ2v) is 7.42. The fourth-order valence-corrected chi connectivity index (χ4v) is 3.89. The van der Waals surface area contributed by atoms with Gasteiger partial charge in [-0.05, 0) is 24.3 Å². The lowest BCUT2D eigenvalue weighted by molar-refractivity contribution is 0.328. The number of nitrogens with one attached hydrogen (secondary N) is 1. The topological polar surface area (TPSA) is 73.3 Å². The van der Waals surface area contributed by atoms with Gasteiger partial charge in [-0.15, -0.1) is 11.3 Å². The van der Waals surface area contributed by atoms with Gasteiger partial charge in [0.2, 0.25) is 0 Å². The van der Waals surface area contributed by atoms with Crippen LogP contribution in [0.25, 0.3) is 16.8 Å². The molecular weight excluding hydrogens is 402 g/mol.